The summed E-state index contributed by atoms with van der Waals surface area (Å²) >= 11 is 6.22. The maximum Gasteiger partial charge on any atom is 0.125 e. The zero-order chi connectivity index (χ0) is 13.4. The lowest BCUT2D eigenvalue weighted by molar-refractivity contribution is 0.400. The van der Waals surface area contributed by atoms with Crippen molar-refractivity contribution in [2.24, 2.45) is 5.73 Å². The van der Waals surface area contributed by atoms with Crippen molar-refractivity contribution in [3.63, 3.8) is 0 Å². The Balaban J connectivity index is 2.82. The third kappa shape index (κ3) is 3.92. The lowest BCUT2D eigenvalue weighted by Gasteiger charge is -2.20. The van der Waals surface area contributed by atoms with Gasteiger partial charge < -0.3 is 15.8 Å². The molecule has 3 nitrogen and oxygen atoms in total. The molecule has 1 aromatic carbocycles. The summed E-state index contributed by atoms with van der Waals surface area (Å²) in [6, 6.07) is 5.57. The largest absolute Gasteiger partial charge is 0.496 e. The molecule has 1 unspecified atom stereocenters. The molecule has 1 atom stereocenters. The molecule has 0 aromatic heterocycles. The fourth-order valence-electron chi connectivity index (χ4n) is 1.77. The minimum Gasteiger partial charge on any atom is -0.496 e. The Labute approximate surface area is 114 Å². The Kier molecular flexibility index (Phi) is 6.59. The van der Waals surface area contributed by atoms with Gasteiger partial charge in [0.2, 0.25) is 0 Å². The van der Waals surface area contributed by atoms with Gasteiger partial charge in [0.05, 0.1) is 7.11 Å². The Morgan fingerprint density at radius 3 is 2.89 bits per heavy atom. The van der Waals surface area contributed by atoms with E-state index in [-0.39, 0.29) is 6.04 Å². The van der Waals surface area contributed by atoms with Crippen LogP contribution in [-0.4, -0.2) is 20.2 Å². The molecular formula is C14H19ClN2O. The van der Waals surface area contributed by atoms with Gasteiger partial charge in [0.15, 0.2) is 0 Å². The Bertz CT molecular complexity index is 437. The summed E-state index contributed by atoms with van der Waals surface area (Å²) in [5.74, 6) is 6.62. The van der Waals surface area contributed by atoms with Crippen molar-refractivity contribution in [1.29, 1.82) is 0 Å². The monoisotopic (exact) mass is 266 g/mol. The first kappa shape index (κ1) is 14.8. The zero-order valence-corrected chi connectivity index (χ0v) is 11.6. The summed E-state index contributed by atoms with van der Waals surface area (Å²) in [4.78, 5) is 0. The van der Waals surface area contributed by atoms with Crippen molar-refractivity contribution in [2.75, 3.05) is 20.2 Å². The van der Waals surface area contributed by atoms with E-state index in [1.54, 1.807) is 7.11 Å². The Hall–Kier alpha value is -1.21. The van der Waals surface area contributed by atoms with Gasteiger partial charge in [-0.3, -0.25) is 0 Å². The quantitative estimate of drug-likeness (QED) is 0.614. The first-order chi connectivity index (χ1) is 8.74. The molecule has 3 N–H and O–H groups in total. The summed E-state index contributed by atoms with van der Waals surface area (Å²) in [6.45, 7) is 3.06. The highest BCUT2D eigenvalue weighted by atomic mass is 35.5. The predicted octanol–water partition coefficient (Wildman–Crippen LogP) is 2.35. The molecule has 0 amide bonds. The molecule has 0 aliphatic carbocycles. The van der Waals surface area contributed by atoms with Crippen LogP contribution in [0.4, 0.5) is 0 Å². The van der Waals surface area contributed by atoms with E-state index in [9.17, 15) is 0 Å². The van der Waals surface area contributed by atoms with Crippen molar-refractivity contribution in [3.8, 4) is 17.6 Å². The van der Waals surface area contributed by atoms with Gasteiger partial charge in [0.25, 0.3) is 0 Å². The number of nitrogens with one attached hydrogen (secondary N) is 1. The topological polar surface area (TPSA) is 47.3 Å². The van der Waals surface area contributed by atoms with Crippen molar-refractivity contribution < 1.29 is 4.74 Å². The second-order valence-corrected chi connectivity index (χ2v) is 4.18. The molecule has 98 valence electrons. The molecule has 0 fully saturated rings. The van der Waals surface area contributed by atoms with E-state index in [0.29, 0.717) is 11.6 Å². The number of nitrogens with two attached hydrogens (primary N) is 1. The van der Waals surface area contributed by atoms with Gasteiger partial charge in [0.1, 0.15) is 5.75 Å². The number of benzene rings is 1. The first-order valence-electron chi connectivity index (χ1n) is 5.90. The smallest absolute Gasteiger partial charge is 0.125 e. The van der Waals surface area contributed by atoms with Gasteiger partial charge >= 0.3 is 0 Å². The highest BCUT2D eigenvalue weighted by Crippen LogP contribution is 2.31. The molecule has 0 spiro atoms. The standard InChI is InChI=1S/C14H19ClN2O/c1-3-4-5-9-17-12(10-16)14-11(15)7-6-8-13(14)18-2/h6-8,12,17H,5,9-10,16H2,1-2H3. The lowest BCUT2D eigenvalue weighted by atomic mass is 10.1. The molecule has 0 saturated carbocycles. The normalized spacial score (nSPS) is 11.6. The van der Waals surface area contributed by atoms with E-state index in [1.807, 2.05) is 25.1 Å². The van der Waals surface area contributed by atoms with Crippen LogP contribution in [0.15, 0.2) is 18.2 Å². The molecule has 0 saturated heterocycles. The van der Waals surface area contributed by atoms with Crippen LogP contribution in [0.2, 0.25) is 5.02 Å². The molecule has 0 radical (unpaired) electrons. The lowest BCUT2D eigenvalue weighted by Crippen LogP contribution is -2.29. The predicted molar refractivity (Wildman–Crippen MR) is 75.9 cm³/mol. The maximum absolute atomic E-state index is 6.22. The minimum atomic E-state index is -0.0210. The van der Waals surface area contributed by atoms with Crippen molar-refractivity contribution in [1.82, 2.24) is 5.32 Å². The van der Waals surface area contributed by atoms with E-state index < -0.39 is 0 Å². The van der Waals surface area contributed by atoms with Gasteiger partial charge in [0, 0.05) is 36.1 Å². The van der Waals surface area contributed by atoms with Gasteiger partial charge in [-0.15, -0.1) is 11.8 Å². The Morgan fingerprint density at radius 1 is 1.50 bits per heavy atom. The molecule has 18 heavy (non-hydrogen) atoms. The molecule has 4 heteroatoms. The van der Waals surface area contributed by atoms with E-state index in [2.05, 4.69) is 17.2 Å². The number of hydrogen-bond donors (Lipinski definition) is 2. The molecule has 0 heterocycles. The molecule has 0 aliphatic rings. The third-order valence-corrected chi connectivity index (χ3v) is 2.96. The van der Waals surface area contributed by atoms with E-state index in [0.717, 1.165) is 24.3 Å². The van der Waals surface area contributed by atoms with Crippen LogP contribution in [0.1, 0.15) is 24.9 Å². The second kappa shape index (κ2) is 7.99. The molecule has 1 aromatic rings. The minimum absolute atomic E-state index is 0.0210. The van der Waals surface area contributed by atoms with Gasteiger partial charge in [-0.05, 0) is 19.1 Å². The zero-order valence-electron chi connectivity index (χ0n) is 10.8. The summed E-state index contributed by atoms with van der Waals surface area (Å²) in [5, 5.41) is 4.01. The Morgan fingerprint density at radius 2 is 2.28 bits per heavy atom. The number of rotatable bonds is 6. The van der Waals surface area contributed by atoms with Gasteiger partial charge in [-0.2, -0.15) is 0 Å². The van der Waals surface area contributed by atoms with Crippen molar-refractivity contribution in [3.05, 3.63) is 28.8 Å². The SMILES string of the molecule is CC#CCCNC(CN)c1c(Cl)cccc1OC. The fraction of sp³-hybridized carbons (Fsp3) is 0.429. The van der Waals surface area contributed by atoms with Crippen molar-refractivity contribution in [2.45, 2.75) is 19.4 Å². The average molecular weight is 267 g/mol. The van der Waals surface area contributed by atoms with Crippen LogP contribution >= 0.6 is 11.6 Å². The van der Waals surface area contributed by atoms with Crippen LogP contribution in [0.25, 0.3) is 0 Å². The number of halogens is 1. The van der Waals surface area contributed by atoms with Crippen molar-refractivity contribution >= 4 is 11.6 Å². The van der Waals surface area contributed by atoms with Gasteiger partial charge in [-0.1, -0.05) is 17.7 Å². The van der Waals surface area contributed by atoms with Crippen LogP contribution in [-0.2, 0) is 0 Å². The van der Waals surface area contributed by atoms with Crippen LogP contribution in [0, 0.1) is 11.8 Å². The molecule has 0 aliphatic heterocycles. The summed E-state index contributed by atoms with van der Waals surface area (Å²) < 4.78 is 5.33. The van der Waals surface area contributed by atoms with Crippen LogP contribution in [0.3, 0.4) is 0 Å². The maximum atomic E-state index is 6.22. The summed E-state index contributed by atoms with van der Waals surface area (Å²) in [5.41, 5.74) is 6.71. The third-order valence-electron chi connectivity index (χ3n) is 2.63. The number of methoxy groups -OCH3 is 1. The molecule has 1 rings (SSSR count). The second-order valence-electron chi connectivity index (χ2n) is 3.77. The molecule has 0 bridgehead atoms. The summed E-state index contributed by atoms with van der Waals surface area (Å²) in [6.07, 6.45) is 0.791. The fourth-order valence-corrected chi connectivity index (χ4v) is 2.07. The number of ether oxygens (including phenoxy) is 1. The van der Waals surface area contributed by atoms with Crippen LogP contribution in [0.5, 0.6) is 5.75 Å². The highest BCUT2D eigenvalue weighted by molar-refractivity contribution is 6.31. The van der Waals surface area contributed by atoms with E-state index in [4.69, 9.17) is 22.1 Å². The first-order valence-corrected chi connectivity index (χ1v) is 6.27. The highest BCUT2D eigenvalue weighted by Gasteiger charge is 2.17. The average Bonchev–Trinajstić information content (AvgIpc) is 2.39. The number of hydrogen-bond acceptors (Lipinski definition) is 3. The van der Waals surface area contributed by atoms with Crippen LogP contribution < -0.4 is 15.8 Å². The summed E-state index contributed by atoms with van der Waals surface area (Å²) in [7, 11) is 1.63. The molecular weight excluding hydrogens is 248 g/mol. The van der Waals surface area contributed by atoms with E-state index >= 15 is 0 Å². The van der Waals surface area contributed by atoms with E-state index in [1.165, 1.54) is 0 Å². The van der Waals surface area contributed by atoms with Gasteiger partial charge in [-0.25, -0.2) is 0 Å².